The summed E-state index contributed by atoms with van der Waals surface area (Å²) in [6.45, 7) is 1.86. The van der Waals surface area contributed by atoms with Crippen LogP contribution >= 0.6 is 0 Å². The highest BCUT2D eigenvalue weighted by molar-refractivity contribution is 5.92. The first kappa shape index (κ1) is 9.67. The largest absolute Gasteiger partial charge is 0.392 e. The Kier molecular flexibility index (Phi) is 3.40. The van der Waals surface area contributed by atoms with Crippen LogP contribution in [0.25, 0.3) is 0 Å². The van der Waals surface area contributed by atoms with Crippen LogP contribution in [0.4, 0.5) is 0 Å². The zero-order chi connectivity index (χ0) is 9.68. The Hall–Kier alpha value is -1.42. The summed E-state index contributed by atoms with van der Waals surface area (Å²) in [4.78, 5) is 15.1. The minimum Gasteiger partial charge on any atom is -0.392 e. The van der Waals surface area contributed by atoms with Gasteiger partial charge in [0, 0.05) is 12.7 Å². The van der Waals surface area contributed by atoms with Crippen molar-refractivity contribution in [3.63, 3.8) is 0 Å². The molecule has 1 aromatic heterocycles. The summed E-state index contributed by atoms with van der Waals surface area (Å²) < 4.78 is 0. The molecule has 0 saturated carbocycles. The molecule has 0 saturated heterocycles. The van der Waals surface area contributed by atoms with Gasteiger partial charge in [-0.1, -0.05) is 6.07 Å². The van der Waals surface area contributed by atoms with E-state index in [4.69, 9.17) is 5.11 Å². The van der Waals surface area contributed by atoms with Crippen molar-refractivity contribution < 1.29 is 9.90 Å². The van der Waals surface area contributed by atoms with Crippen molar-refractivity contribution in [2.45, 2.75) is 13.0 Å². The molecule has 1 unspecified atom stereocenters. The molecular weight excluding hydrogens is 168 g/mol. The third-order valence-electron chi connectivity index (χ3n) is 1.46. The number of carbonyl (C=O) groups is 1. The van der Waals surface area contributed by atoms with E-state index in [-0.39, 0.29) is 12.5 Å². The summed E-state index contributed by atoms with van der Waals surface area (Å²) in [5, 5.41) is 11.5. The first-order valence-electron chi connectivity index (χ1n) is 4.07. The van der Waals surface area contributed by atoms with Crippen LogP contribution in [0, 0.1) is 0 Å². The van der Waals surface area contributed by atoms with E-state index in [9.17, 15) is 4.79 Å². The lowest BCUT2D eigenvalue weighted by Crippen LogP contribution is -2.30. The quantitative estimate of drug-likeness (QED) is 0.698. The van der Waals surface area contributed by atoms with Crippen LogP contribution in [0.1, 0.15) is 17.4 Å². The maximum atomic E-state index is 11.3. The van der Waals surface area contributed by atoms with Gasteiger partial charge < -0.3 is 10.4 Å². The molecule has 13 heavy (non-hydrogen) atoms. The van der Waals surface area contributed by atoms with Crippen LogP contribution in [0.15, 0.2) is 24.4 Å². The molecule has 0 fully saturated rings. The van der Waals surface area contributed by atoms with Gasteiger partial charge in [-0.25, -0.2) is 0 Å². The van der Waals surface area contributed by atoms with E-state index in [1.165, 1.54) is 0 Å². The molecule has 0 aliphatic heterocycles. The molecule has 1 amide bonds. The Balaban J connectivity index is 2.50. The molecule has 0 aliphatic rings. The Bertz CT molecular complexity index is 272. The molecular formula is C9H12N2O2. The molecule has 1 rings (SSSR count). The van der Waals surface area contributed by atoms with Gasteiger partial charge in [0.2, 0.25) is 0 Å². The average Bonchev–Trinajstić information content (AvgIpc) is 2.15. The number of hydrogen-bond acceptors (Lipinski definition) is 3. The molecule has 4 heteroatoms. The SMILES string of the molecule is CC(O)CNC(=O)c1ccccn1. The maximum Gasteiger partial charge on any atom is 0.269 e. The van der Waals surface area contributed by atoms with Gasteiger partial charge in [0.1, 0.15) is 5.69 Å². The summed E-state index contributed by atoms with van der Waals surface area (Å²) in [7, 11) is 0. The van der Waals surface area contributed by atoms with E-state index in [0.717, 1.165) is 0 Å². The molecule has 0 aliphatic carbocycles. The number of amides is 1. The third-order valence-corrected chi connectivity index (χ3v) is 1.46. The van der Waals surface area contributed by atoms with E-state index in [2.05, 4.69) is 10.3 Å². The molecule has 2 N–H and O–H groups in total. The number of pyridine rings is 1. The third kappa shape index (κ3) is 3.21. The molecule has 0 radical (unpaired) electrons. The van der Waals surface area contributed by atoms with Gasteiger partial charge in [-0.3, -0.25) is 9.78 Å². The van der Waals surface area contributed by atoms with Crippen LogP contribution in [0.5, 0.6) is 0 Å². The number of rotatable bonds is 3. The highest BCUT2D eigenvalue weighted by Gasteiger charge is 2.05. The summed E-state index contributed by atoms with van der Waals surface area (Å²) in [6.07, 6.45) is 1.02. The second-order valence-electron chi connectivity index (χ2n) is 2.77. The van der Waals surface area contributed by atoms with Crippen LogP contribution < -0.4 is 5.32 Å². The molecule has 0 spiro atoms. The minimum absolute atomic E-state index is 0.245. The van der Waals surface area contributed by atoms with E-state index in [1.54, 1.807) is 31.3 Å². The van der Waals surface area contributed by atoms with Crippen LogP contribution in [0.3, 0.4) is 0 Å². The minimum atomic E-state index is -0.535. The first-order valence-corrected chi connectivity index (χ1v) is 4.07. The number of aromatic nitrogens is 1. The Labute approximate surface area is 76.6 Å². The zero-order valence-corrected chi connectivity index (χ0v) is 7.40. The predicted octanol–water partition coefficient (Wildman–Crippen LogP) is 0.192. The van der Waals surface area contributed by atoms with Gasteiger partial charge in [0.25, 0.3) is 5.91 Å². The number of aliphatic hydroxyl groups excluding tert-OH is 1. The van der Waals surface area contributed by atoms with Crippen molar-refractivity contribution in [1.29, 1.82) is 0 Å². The number of carbonyl (C=O) groups excluding carboxylic acids is 1. The first-order chi connectivity index (χ1) is 6.20. The van der Waals surface area contributed by atoms with Crippen molar-refractivity contribution in [3.05, 3.63) is 30.1 Å². The van der Waals surface area contributed by atoms with E-state index >= 15 is 0 Å². The lowest BCUT2D eigenvalue weighted by molar-refractivity contribution is 0.0919. The topological polar surface area (TPSA) is 62.2 Å². The maximum absolute atomic E-state index is 11.3. The van der Waals surface area contributed by atoms with Gasteiger partial charge in [-0.05, 0) is 19.1 Å². The van der Waals surface area contributed by atoms with Crippen molar-refractivity contribution in [1.82, 2.24) is 10.3 Å². The summed E-state index contributed by atoms with van der Waals surface area (Å²) >= 11 is 0. The second kappa shape index (κ2) is 4.57. The summed E-state index contributed by atoms with van der Waals surface area (Å²) in [5.41, 5.74) is 0.364. The Morgan fingerprint density at radius 2 is 2.46 bits per heavy atom. The summed E-state index contributed by atoms with van der Waals surface area (Å²) in [5.74, 6) is -0.262. The van der Waals surface area contributed by atoms with Gasteiger partial charge in [-0.15, -0.1) is 0 Å². The average molecular weight is 180 g/mol. The van der Waals surface area contributed by atoms with Crippen LogP contribution in [0.2, 0.25) is 0 Å². The number of nitrogens with zero attached hydrogens (tertiary/aromatic N) is 1. The normalized spacial score (nSPS) is 12.2. The summed E-state index contributed by atoms with van der Waals surface area (Å²) in [6, 6.07) is 5.10. The van der Waals surface area contributed by atoms with Crippen LogP contribution in [-0.4, -0.2) is 28.6 Å². The lowest BCUT2D eigenvalue weighted by Gasteiger charge is -2.05. The fraction of sp³-hybridized carbons (Fsp3) is 0.333. The molecule has 1 aromatic rings. The fourth-order valence-corrected chi connectivity index (χ4v) is 0.828. The van der Waals surface area contributed by atoms with Gasteiger partial charge in [0.15, 0.2) is 0 Å². The highest BCUT2D eigenvalue weighted by atomic mass is 16.3. The standard InChI is InChI=1S/C9H12N2O2/c1-7(12)6-11-9(13)8-4-2-3-5-10-8/h2-5,7,12H,6H2,1H3,(H,11,13). The van der Waals surface area contributed by atoms with Crippen LogP contribution in [-0.2, 0) is 0 Å². The van der Waals surface area contributed by atoms with Gasteiger partial charge in [-0.2, -0.15) is 0 Å². The van der Waals surface area contributed by atoms with Crippen molar-refractivity contribution in [2.75, 3.05) is 6.54 Å². The Morgan fingerprint density at radius 1 is 1.69 bits per heavy atom. The second-order valence-corrected chi connectivity index (χ2v) is 2.77. The van der Waals surface area contributed by atoms with Crippen molar-refractivity contribution in [2.24, 2.45) is 0 Å². The predicted molar refractivity (Wildman–Crippen MR) is 48.3 cm³/mol. The molecule has 1 heterocycles. The van der Waals surface area contributed by atoms with Crippen molar-refractivity contribution in [3.8, 4) is 0 Å². The Morgan fingerprint density at radius 3 is 3.00 bits per heavy atom. The molecule has 0 aromatic carbocycles. The molecule has 4 nitrogen and oxygen atoms in total. The number of hydrogen-bond donors (Lipinski definition) is 2. The highest BCUT2D eigenvalue weighted by Crippen LogP contribution is 1.92. The van der Waals surface area contributed by atoms with Gasteiger partial charge >= 0.3 is 0 Å². The van der Waals surface area contributed by atoms with Crippen molar-refractivity contribution >= 4 is 5.91 Å². The fourth-order valence-electron chi connectivity index (χ4n) is 0.828. The van der Waals surface area contributed by atoms with E-state index in [0.29, 0.717) is 5.69 Å². The smallest absolute Gasteiger partial charge is 0.269 e. The monoisotopic (exact) mass is 180 g/mol. The lowest BCUT2D eigenvalue weighted by atomic mass is 10.3. The number of nitrogens with one attached hydrogen (secondary N) is 1. The zero-order valence-electron chi connectivity index (χ0n) is 7.40. The molecule has 70 valence electrons. The van der Waals surface area contributed by atoms with E-state index < -0.39 is 6.10 Å². The molecule has 1 atom stereocenters. The van der Waals surface area contributed by atoms with E-state index in [1.807, 2.05) is 0 Å². The molecule has 0 bridgehead atoms. The number of aliphatic hydroxyl groups is 1. The van der Waals surface area contributed by atoms with Gasteiger partial charge in [0.05, 0.1) is 6.10 Å².